The standard InChI is InChI=1S/C16H14O.C12H12/c1-11-2-5-14-8-15(9-16(11)14)13-6-3-12(10-17)4-7-13;1-2-10-7-5-8-11-6-3-4-9-12(10)11/h2-7,9-10,16H,8H2,1H3;3-9H,2H2,1H3. The van der Waals surface area contributed by atoms with Crippen LogP contribution in [0.1, 0.15) is 41.8 Å². The number of aldehydes is 1. The Morgan fingerprint density at radius 1 is 0.931 bits per heavy atom. The van der Waals surface area contributed by atoms with Gasteiger partial charge in [0.1, 0.15) is 6.29 Å². The predicted octanol–water partition coefficient (Wildman–Crippen LogP) is 7.19. The third-order valence-corrected chi connectivity index (χ3v) is 5.89. The van der Waals surface area contributed by atoms with Crippen molar-refractivity contribution >= 4 is 22.6 Å². The van der Waals surface area contributed by atoms with Crippen LogP contribution in [0.3, 0.4) is 0 Å². The molecule has 0 saturated carbocycles. The zero-order valence-corrected chi connectivity index (χ0v) is 17.1. The van der Waals surface area contributed by atoms with Crippen molar-refractivity contribution in [2.75, 3.05) is 0 Å². The molecule has 0 amide bonds. The summed E-state index contributed by atoms with van der Waals surface area (Å²) in [6.07, 6.45) is 9.84. The van der Waals surface area contributed by atoms with E-state index < -0.39 is 0 Å². The third-order valence-electron chi connectivity index (χ3n) is 5.89. The smallest absolute Gasteiger partial charge is 0.150 e. The number of carbonyl (C=O) groups is 1. The van der Waals surface area contributed by atoms with Crippen LogP contribution >= 0.6 is 0 Å². The van der Waals surface area contributed by atoms with Crippen molar-refractivity contribution in [3.63, 3.8) is 0 Å². The molecular weight excluding hydrogens is 352 g/mol. The second-order valence-electron chi connectivity index (χ2n) is 7.73. The van der Waals surface area contributed by atoms with Gasteiger partial charge in [0, 0.05) is 11.5 Å². The number of hydrogen-bond acceptors (Lipinski definition) is 1. The van der Waals surface area contributed by atoms with Crippen LogP contribution in [0.15, 0.2) is 96.1 Å². The van der Waals surface area contributed by atoms with E-state index in [0.717, 1.165) is 24.7 Å². The highest BCUT2D eigenvalue weighted by atomic mass is 16.1. The molecule has 3 aromatic rings. The average molecular weight is 379 g/mol. The number of allylic oxidation sites excluding steroid dienone is 6. The topological polar surface area (TPSA) is 17.1 Å². The van der Waals surface area contributed by atoms with Crippen molar-refractivity contribution in [2.45, 2.75) is 26.7 Å². The lowest BCUT2D eigenvalue weighted by Crippen LogP contribution is -1.90. The lowest BCUT2D eigenvalue weighted by molar-refractivity contribution is 0.112. The minimum absolute atomic E-state index is 0.524. The fourth-order valence-electron chi connectivity index (χ4n) is 4.20. The van der Waals surface area contributed by atoms with Crippen molar-refractivity contribution in [3.05, 3.63) is 113 Å². The molecule has 1 unspecified atom stereocenters. The molecule has 0 aliphatic heterocycles. The molecule has 5 rings (SSSR count). The van der Waals surface area contributed by atoms with Crippen LogP contribution in [0.4, 0.5) is 0 Å². The first-order chi connectivity index (χ1) is 14.2. The molecule has 0 fully saturated rings. The van der Waals surface area contributed by atoms with E-state index >= 15 is 0 Å². The van der Waals surface area contributed by atoms with E-state index in [9.17, 15) is 4.79 Å². The largest absolute Gasteiger partial charge is 0.298 e. The first-order valence-electron chi connectivity index (χ1n) is 10.3. The monoisotopic (exact) mass is 378 g/mol. The highest BCUT2D eigenvalue weighted by Gasteiger charge is 2.25. The first kappa shape index (κ1) is 19.1. The molecule has 1 atom stereocenters. The summed E-state index contributed by atoms with van der Waals surface area (Å²) in [6, 6.07) is 22.9. The molecule has 2 aliphatic carbocycles. The summed E-state index contributed by atoms with van der Waals surface area (Å²) in [5.41, 5.74) is 7.72. The summed E-state index contributed by atoms with van der Waals surface area (Å²) < 4.78 is 0. The Morgan fingerprint density at radius 3 is 2.41 bits per heavy atom. The van der Waals surface area contributed by atoms with Gasteiger partial charge in [0.05, 0.1) is 0 Å². The maximum absolute atomic E-state index is 10.6. The molecule has 1 heteroatoms. The molecule has 1 nitrogen and oxygen atoms in total. The van der Waals surface area contributed by atoms with Gasteiger partial charge in [-0.2, -0.15) is 0 Å². The van der Waals surface area contributed by atoms with Crippen molar-refractivity contribution < 1.29 is 4.79 Å². The van der Waals surface area contributed by atoms with Crippen LogP contribution in [0.2, 0.25) is 0 Å². The van der Waals surface area contributed by atoms with Crippen molar-refractivity contribution in [1.29, 1.82) is 0 Å². The van der Waals surface area contributed by atoms with Crippen molar-refractivity contribution in [2.24, 2.45) is 5.92 Å². The van der Waals surface area contributed by atoms with Crippen LogP contribution in [-0.2, 0) is 6.42 Å². The molecule has 3 aromatic carbocycles. The summed E-state index contributed by atoms with van der Waals surface area (Å²) in [7, 11) is 0. The molecule has 0 radical (unpaired) electrons. The molecule has 144 valence electrons. The van der Waals surface area contributed by atoms with E-state index in [2.05, 4.69) is 74.5 Å². The van der Waals surface area contributed by atoms with E-state index in [1.807, 2.05) is 24.3 Å². The lowest BCUT2D eigenvalue weighted by atomic mass is 10.0. The minimum atomic E-state index is 0.524. The fourth-order valence-corrected chi connectivity index (χ4v) is 4.20. The second kappa shape index (κ2) is 8.45. The number of fused-ring (bicyclic) bond motifs is 2. The second-order valence-corrected chi connectivity index (χ2v) is 7.73. The number of aryl methyl sites for hydroxylation is 1. The summed E-state index contributed by atoms with van der Waals surface area (Å²) in [5.74, 6) is 0.524. The van der Waals surface area contributed by atoms with Gasteiger partial charge in [0.25, 0.3) is 0 Å². The predicted molar refractivity (Wildman–Crippen MR) is 123 cm³/mol. The summed E-state index contributed by atoms with van der Waals surface area (Å²) in [6.45, 7) is 4.38. The number of benzene rings is 3. The Morgan fingerprint density at radius 2 is 1.69 bits per heavy atom. The van der Waals surface area contributed by atoms with E-state index in [1.54, 1.807) is 0 Å². The number of carbonyl (C=O) groups excluding carboxylic acids is 1. The van der Waals surface area contributed by atoms with E-state index in [4.69, 9.17) is 0 Å². The molecule has 0 saturated heterocycles. The van der Waals surface area contributed by atoms with Gasteiger partial charge in [-0.3, -0.25) is 4.79 Å². The fraction of sp³-hybridized carbons (Fsp3) is 0.179. The maximum atomic E-state index is 10.6. The van der Waals surface area contributed by atoms with Crippen LogP contribution in [0.25, 0.3) is 16.3 Å². The molecule has 0 bridgehead atoms. The molecule has 0 spiro atoms. The quantitative estimate of drug-likeness (QED) is 0.441. The average Bonchev–Trinajstić information content (AvgIpc) is 3.36. The molecule has 0 aromatic heterocycles. The van der Waals surface area contributed by atoms with E-state index in [-0.39, 0.29) is 0 Å². The SMILES string of the molecule is CC1=CC=C2CC(c3ccc(C=O)cc3)=CC12.CCc1cccc2ccccc12. The highest BCUT2D eigenvalue weighted by molar-refractivity contribution is 5.85. The van der Waals surface area contributed by atoms with Crippen molar-refractivity contribution in [3.8, 4) is 0 Å². The number of hydrogen-bond donors (Lipinski definition) is 0. The zero-order chi connectivity index (χ0) is 20.2. The van der Waals surface area contributed by atoms with Gasteiger partial charge in [0.2, 0.25) is 0 Å². The normalized spacial score (nSPS) is 17.0. The van der Waals surface area contributed by atoms with Gasteiger partial charge in [-0.15, -0.1) is 0 Å². The van der Waals surface area contributed by atoms with Crippen LogP contribution < -0.4 is 0 Å². The zero-order valence-electron chi connectivity index (χ0n) is 17.1. The Bertz CT molecular complexity index is 1120. The Balaban J connectivity index is 0.000000150. The number of rotatable bonds is 3. The Hall–Kier alpha value is -3.19. The van der Waals surface area contributed by atoms with Gasteiger partial charge >= 0.3 is 0 Å². The molecule has 0 N–H and O–H groups in total. The van der Waals surface area contributed by atoms with E-state index in [0.29, 0.717) is 5.92 Å². The lowest BCUT2D eigenvalue weighted by Gasteiger charge is -2.03. The van der Waals surface area contributed by atoms with Crippen LogP contribution in [0.5, 0.6) is 0 Å². The van der Waals surface area contributed by atoms with Gasteiger partial charge < -0.3 is 0 Å². The molecular formula is C28H26O. The molecule has 29 heavy (non-hydrogen) atoms. The van der Waals surface area contributed by atoms with Crippen LogP contribution in [-0.4, -0.2) is 6.29 Å². The van der Waals surface area contributed by atoms with Gasteiger partial charge in [-0.1, -0.05) is 103 Å². The Kier molecular flexibility index (Phi) is 5.57. The summed E-state index contributed by atoms with van der Waals surface area (Å²) >= 11 is 0. The maximum Gasteiger partial charge on any atom is 0.150 e. The minimum Gasteiger partial charge on any atom is -0.298 e. The molecule has 2 aliphatic rings. The van der Waals surface area contributed by atoms with Gasteiger partial charge in [-0.25, -0.2) is 0 Å². The third kappa shape index (κ3) is 4.00. The van der Waals surface area contributed by atoms with Crippen molar-refractivity contribution in [1.82, 2.24) is 0 Å². The summed E-state index contributed by atoms with van der Waals surface area (Å²) in [5, 5.41) is 2.74. The highest BCUT2D eigenvalue weighted by Crippen LogP contribution is 2.42. The molecule has 0 heterocycles. The summed E-state index contributed by atoms with van der Waals surface area (Å²) in [4.78, 5) is 10.6. The Labute approximate surface area is 173 Å². The van der Waals surface area contributed by atoms with Gasteiger partial charge in [-0.05, 0) is 47.2 Å². The van der Waals surface area contributed by atoms with Crippen LogP contribution in [0, 0.1) is 5.92 Å². The first-order valence-corrected chi connectivity index (χ1v) is 10.3. The van der Waals surface area contributed by atoms with Gasteiger partial charge in [0.15, 0.2) is 0 Å². The van der Waals surface area contributed by atoms with E-state index in [1.165, 1.54) is 38.6 Å².